The van der Waals surface area contributed by atoms with Crippen LogP contribution in [0.3, 0.4) is 0 Å². The summed E-state index contributed by atoms with van der Waals surface area (Å²) >= 11 is 5.91. The standard InChI is InChI=1S/C13H13ClN2O3S/c1-19-11-4-2-3-10(8-11)16-20(17,18)13-6-5-9(15)7-12(13)14/h2-8,16H,15H2,1H3. The third kappa shape index (κ3) is 3.15. The number of anilines is 2. The SMILES string of the molecule is COc1cccc(NS(=O)(=O)c2ccc(N)cc2Cl)c1. The van der Waals surface area contributed by atoms with Gasteiger partial charge < -0.3 is 10.5 Å². The maximum absolute atomic E-state index is 12.3. The first kappa shape index (κ1) is 14.5. The van der Waals surface area contributed by atoms with E-state index in [0.717, 1.165) is 0 Å². The number of nitrogens with one attached hydrogen (secondary N) is 1. The van der Waals surface area contributed by atoms with Gasteiger partial charge in [-0.15, -0.1) is 0 Å². The molecule has 0 saturated heterocycles. The van der Waals surface area contributed by atoms with E-state index < -0.39 is 10.0 Å². The zero-order chi connectivity index (χ0) is 14.8. The number of halogens is 1. The summed E-state index contributed by atoms with van der Waals surface area (Å²) in [4.78, 5) is -0.0313. The van der Waals surface area contributed by atoms with E-state index in [0.29, 0.717) is 17.1 Å². The van der Waals surface area contributed by atoms with Gasteiger partial charge in [0.05, 0.1) is 17.8 Å². The Bertz CT molecular complexity index is 732. The molecular formula is C13H13ClN2O3S. The van der Waals surface area contributed by atoms with Crippen molar-refractivity contribution in [3.8, 4) is 5.75 Å². The number of benzene rings is 2. The summed E-state index contributed by atoms with van der Waals surface area (Å²) in [6, 6.07) is 10.8. The lowest BCUT2D eigenvalue weighted by molar-refractivity contribution is 0.415. The molecule has 0 aliphatic heterocycles. The molecule has 0 radical (unpaired) electrons. The average Bonchev–Trinajstić information content (AvgIpc) is 2.37. The summed E-state index contributed by atoms with van der Waals surface area (Å²) in [5.41, 5.74) is 6.33. The molecule has 2 rings (SSSR count). The first-order valence-corrected chi connectivity index (χ1v) is 7.50. The maximum atomic E-state index is 12.3. The van der Waals surface area contributed by atoms with E-state index >= 15 is 0 Å². The molecule has 0 atom stereocenters. The second kappa shape index (κ2) is 5.60. The number of methoxy groups -OCH3 is 1. The van der Waals surface area contributed by atoms with Crippen LogP contribution in [0.25, 0.3) is 0 Å². The van der Waals surface area contributed by atoms with Crippen molar-refractivity contribution in [2.75, 3.05) is 17.6 Å². The Morgan fingerprint density at radius 2 is 1.95 bits per heavy atom. The Hall–Kier alpha value is -1.92. The first-order chi connectivity index (χ1) is 9.42. The van der Waals surface area contributed by atoms with Crippen LogP contribution in [-0.2, 0) is 10.0 Å². The van der Waals surface area contributed by atoms with Gasteiger partial charge >= 0.3 is 0 Å². The van der Waals surface area contributed by atoms with Crippen LogP contribution in [0.4, 0.5) is 11.4 Å². The molecule has 3 N–H and O–H groups in total. The van der Waals surface area contributed by atoms with Crippen LogP contribution in [-0.4, -0.2) is 15.5 Å². The summed E-state index contributed by atoms with van der Waals surface area (Å²) in [6.45, 7) is 0. The summed E-state index contributed by atoms with van der Waals surface area (Å²) in [5, 5.41) is 0.0698. The smallest absolute Gasteiger partial charge is 0.263 e. The van der Waals surface area contributed by atoms with Gasteiger partial charge in [0.15, 0.2) is 0 Å². The van der Waals surface area contributed by atoms with Gasteiger partial charge in [0.25, 0.3) is 10.0 Å². The number of ether oxygens (including phenoxy) is 1. The Kier molecular flexibility index (Phi) is 4.06. The zero-order valence-electron chi connectivity index (χ0n) is 10.6. The van der Waals surface area contributed by atoms with Gasteiger partial charge in [0.1, 0.15) is 10.6 Å². The van der Waals surface area contributed by atoms with Gasteiger partial charge in [-0.1, -0.05) is 17.7 Å². The number of rotatable bonds is 4. The minimum atomic E-state index is -3.78. The largest absolute Gasteiger partial charge is 0.497 e. The molecule has 0 fully saturated rings. The molecule has 0 heterocycles. The molecule has 7 heteroatoms. The van der Waals surface area contributed by atoms with E-state index in [1.54, 1.807) is 24.3 Å². The van der Waals surface area contributed by atoms with Gasteiger partial charge in [-0.3, -0.25) is 4.72 Å². The van der Waals surface area contributed by atoms with Gasteiger partial charge in [-0.25, -0.2) is 8.42 Å². The minimum absolute atomic E-state index is 0.0313. The van der Waals surface area contributed by atoms with Crippen molar-refractivity contribution in [3.63, 3.8) is 0 Å². The van der Waals surface area contributed by atoms with Crippen molar-refractivity contribution in [1.82, 2.24) is 0 Å². The molecule has 20 heavy (non-hydrogen) atoms. The van der Waals surface area contributed by atoms with E-state index in [9.17, 15) is 8.42 Å². The van der Waals surface area contributed by atoms with Crippen LogP contribution in [0, 0.1) is 0 Å². The second-order valence-corrected chi connectivity index (χ2v) is 6.09. The van der Waals surface area contributed by atoms with Gasteiger partial charge in [-0.05, 0) is 30.3 Å². The molecular weight excluding hydrogens is 300 g/mol. The van der Waals surface area contributed by atoms with Crippen LogP contribution >= 0.6 is 11.6 Å². The second-order valence-electron chi connectivity index (χ2n) is 4.03. The molecule has 0 bridgehead atoms. The Morgan fingerprint density at radius 1 is 1.20 bits per heavy atom. The number of nitrogen functional groups attached to an aromatic ring is 1. The fourth-order valence-electron chi connectivity index (χ4n) is 1.63. The number of sulfonamides is 1. The Labute approximate surface area is 122 Å². The van der Waals surface area contributed by atoms with Crippen LogP contribution in [0.1, 0.15) is 0 Å². The third-order valence-corrected chi connectivity index (χ3v) is 4.43. The van der Waals surface area contributed by atoms with Crippen LogP contribution in [0.5, 0.6) is 5.75 Å². The van der Waals surface area contributed by atoms with E-state index in [1.807, 2.05) is 0 Å². The normalized spacial score (nSPS) is 11.1. The highest BCUT2D eigenvalue weighted by Crippen LogP contribution is 2.26. The van der Waals surface area contributed by atoms with Crippen molar-refractivity contribution in [3.05, 3.63) is 47.5 Å². The molecule has 5 nitrogen and oxygen atoms in total. The van der Waals surface area contributed by atoms with Gasteiger partial charge in [0.2, 0.25) is 0 Å². The summed E-state index contributed by atoms with van der Waals surface area (Å²) in [5.74, 6) is 0.550. The molecule has 0 unspecified atom stereocenters. The number of hydrogen-bond acceptors (Lipinski definition) is 4. The van der Waals surface area contributed by atoms with E-state index in [2.05, 4.69) is 4.72 Å². The maximum Gasteiger partial charge on any atom is 0.263 e. The zero-order valence-corrected chi connectivity index (χ0v) is 12.2. The molecule has 0 amide bonds. The molecule has 0 saturated carbocycles. The van der Waals surface area contributed by atoms with E-state index in [-0.39, 0.29) is 9.92 Å². The predicted octanol–water partition coefficient (Wildman–Crippen LogP) is 2.73. The lowest BCUT2D eigenvalue weighted by atomic mass is 10.3. The highest BCUT2D eigenvalue weighted by atomic mass is 35.5. The third-order valence-electron chi connectivity index (χ3n) is 2.57. The number of hydrogen-bond donors (Lipinski definition) is 2. The molecule has 0 aliphatic carbocycles. The van der Waals surface area contributed by atoms with Crippen LogP contribution in [0.15, 0.2) is 47.4 Å². The lowest BCUT2D eigenvalue weighted by Crippen LogP contribution is -2.13. The molecule has 0 spiro atoms. The Balaban J connectivity index is 2.35. The van der Waals surface area contributed by atoms with Gasteiger partial charge in [-0.2, -0.15) is 0 Å². The van der Waals surface area contributed by atoms with Crippen molar-refractivity contribution >= 4 is 33.0 Å². The van der Waals surface area contributed by atoms with Crippen LogP contribution < -0.4 is 15.2 Å². The van der Waals surface area contributed by atoms with Crippen molar-refractivity contribution in [1.29, 1.82) is 0 Å². The average molecular weight is 313 g/mol. The van der Waals surface area contributed by atoms with Crippen LogP contribution in [0.2, 0.25) is 5.02 Å². The van der Waals surface area contributed by atoms with Crippen molar-refractivity contribution in [2.24, 2.45) is 0 Å². The number of nitrogens with two attached hydrogens (primary N) is 1. The highest BCUT2D eigenvalue weighted by molar-refractivity contribution is 7.92. The lowest BCUT2D eigenvalue weighted by Gasteiger charge is -2.10. The summed E-state index contributed by atoms with van der Waals surface area (Å²) in [6.07, 6.45) is 0. The van der Waals surface area contributed by atoms with E-state index in [1.165, 1.54) is 25.3 Å². The summed E-state index contributed by atoms with van der Waals surface area (Å²) < 4.78 is 32.0. The quantitative estimate of drug-likeness (QED) is 0.851. The highest BCUT2D eigenvalue weighted by Gasteiger charge is 2.18. The fraction of sp³-hybridized carbons (Fsp3) is 0.0769. The van der Waals surface area contributed by atoms with Gasteiger partial charge in [0, 0.05) is 11.8 Å². The molecule has 2 aromatic rings. The van der Waals surface area contributed by atoms with Crippen molar-refractivity contribution in [2.45, 2.75) is 4.90 Å². The molecule has 0 aromatic heterocycles. The predicted molar refractivity (Wildman–Crippen MR) is 79.7 cm³/mol. The monoisotopic (exact) mass is 312 g/mol. The first-order valence-electron chi connectivity index (χ1n) is 5.64. The fourth-order valence-corrected chi connectivity index (χ4v) is 3.24. The Morgan fingerprint density at radius 3 is 2.60 bits per heavy atom. The summed E-state index contributed by atoms with van der Waals surface area (Å²) in [7, 11) is -2.27. The molecule has 2 aromatic carbocycles. The van der Waals surface area contributed by atoms with E-state index in [4.69, 9.17) is 22.1 Å². The molecule has 106 valence electrons. The molecule has 0 aliphatic rings. The topological polar surface area (TPSA) is 81.4 Å². The minimum Gasteiger partial charge on any atom is -0.497 e. The van der Waals surface area contributed by atoms with Crippen molar-refractivity contribution < 1.29 is 13.2 Å².